The van der Waals surface area contributed by atoms with E-state index in [1.807, 2.05) is 22.4 Å². The number of nitrogens with one attached hydrogen (secondary N) is 1. The highest BCUT2D eigenvalue weighted by Gasteiger charge is 2.35. The van der Waals surface area contributed by atoms with Gasteiger partial charge in [-0.2, -0.15) is 0 Å². The topological polar surface area (TPSA) is 75.7 Å². The molecule has 8 heteroatoms. The largest absolute Gasteiger partial charge is 0.381 e. The van der Waals surface area contributed by atoms with E-state index in [-0.39, 0.29) is 23.4 Å². The number of hydrogen-bond donors (Lipinski definition) is 1. The quantitative estimate of drug-likeness (QED) is 0.713. The molecule has 28 heavy (non-hydrogen) atoms. The van der Waals surface area contributed by atoms with E-state index in [0.717, 1.165) is 30.7 Å². The molecule has 1 aromatic heterocycles. The number of benzene rings is 1. The summed E-state index contributed by atoms with van der Waals surface area (Å²) in [5.41, 5.74) is 0.421. The molecule has 1 amide bonds. The van der Waals surface area contributed by atoms with Crippen LogP contribution in [0.3, 0.4) is 0 Å². The highest BCUT2D eigenvalue weighted by Crippen LogP contribution is 2.30. The molecule has 0 bridgehead atoms. The van der Waals surface area contributed by atoms with Crippen LogP contribution >= 0.6 is 11.3 Å². The van der Waals surface area contributed by atoms with E-state index in [9.17, 15) is 13.2 Å². The Morgan fingerprint density at radius 2 is 2.07 bits per heavy atom. The van der Waals surface area contributed by atoms with Crippen LogP contribution in [0.4, 0.5) is 0 Å². The van der Waals surface area contributed by atoms with E-state index in [1.165, 1.54) is 23.5 Å². The summed E-state index contributed by atoms with van der Waals surface area (Å²) in [5.74, 6) is 0.272. The zero-order chi connectivity index (χ0) is 19.6. The highest BCUT2D eigenvalue weighted by atomic mass is 32.2. The number of rotatable bonds is 8. The molecular weight excluding hydrogens is 396 g/mol. The number of amides is 1. The van der Waals surface area contributed by atoms with Gasteiger partial charge in [-0.05, 0) is 48.9 Å². The number of hydrogen-bond acceptors (Lipinski definition) is 5. The number of carbonyl (C=O) groups is 1. The van der Waals surface area contributed by atoms with Crippen LogP contribution < -0.4 is 4.72 Å². The average Bonchev–Trinajstić information content (AvgIpc) is 3.18. The Bertz CT molecular complexity index is 917. The maximum atomic E-state index is 13.1. The molecule has 2 aromatic rings. The first-order valence-corrected chi connectivity index (χ1v) is 11.9. The molecule has 4 rings (SSSR count). The molecule has 1 aliphatic heterocycles. The first-order valence-electron chi connectivity index (χ1n) is 9.54. The van der Waals surface area contributed by atoms with Crippen molar-refractivity contribution in [1.82, 2.24) is 9.62 Å². The van der Waals surface area contributed by atoms with Gasteiger partial charge in [0.1, 0.15) is 0 Å². The van der Waals surface area contributed by atoms with Crippen LogP contribution in [0.5, 0.6) is 0 Å². The zero-order valence-corrected chi connectivity index (χ0v) is 17.2. The third-order valence-electron chi connectivity index (χ3n) is 5.14. The van der Waals surface area contributed by atoms with E-state index in [4.69, 9.17) is 4.74 Å². The Hall–Kier alpha value is -1.74. The van der Waals surface area contributed by atoms with Gasteiger partial charge < -0.3 is 9.64 Å². The van der Waals surface area contributed by atoms with Crippen molar-refractivity contribution in [2.45, 2.75) is 36.7 Å². The summed E-state index contributed by atoms with van der Waals surface area (Å²) in [5, 5.41) is 1.91. The fourth-order valence-corrected chi connectivity index (χ4v) is 5.20. The first-order chi connectivity index (χ1) is 13.5. The molecule has 6 nitrogen and oxygen atoms in total. The van der Waals surface area contributed by atoms with E-state index in [0.29, 0.717) is 24.6 Å². The summed E-state index contributed by atoms with van der Waals surface area (Å²) in [4.78, 5) is 16.1. The Morgan fingerprint density at radius 1 is 1.21 bits per heavy atom. The van der Waals surface area contributed by atoms with Crippen LogP contribution in [-0.4, -0.2) is 45.0 Å². The molecule has 1 aliphatic carbocycles. The van der Waals surface area contributed by atoms with Gasteiger partial charge in [-0.15, -0.1) is 11.3 Å². The second-order valence-corrected chi connectivity index (χ2v) is 10.1. The SMILES string of the molecule is O=C(c1cccc(S(=O)(=O)NCc2cccs2)c1)N(CC1CCOC1)C1CC1. The summed E-state index contributed by atoms with van der Waals surface area (Å²) < 4.78 is 33.3. The fourth-order valence-electron chi connectivity index (χ4n) is 3.41. The summed E-state index contributed by atoms with van der Waals surface area (Å²) in [6.07, 6.45) is 3.00. The molecular formula is C20H24N2O4S2. The summed E-state index contributed by atoms with van der Waals surface area (Å²) in [7, 11) is -3.68. The summed E-state index contributed by atoms with van der Waals surface area (Å²) in [6, 6.07) is 10.4. The van der Waals surface area contributed by atoms with Crippen molar-refractivity contribution in [2.75, 3.05) is 19.8 Å². The normalized spacial score (nSPS) is 19.6. The van der Waals surface area contributed by atoms with Crippen LogP contribution in [0, 0.1) is 5.92 Å². The maximum Gasteiger partial charge on any atom is 0.254 e. The van der Waals surface area contributed by atoms with Crippen molar-refractivity contribution >= 4 is 27.3 Å². The van der Waals surface area contributed by atoms with Crippen molar-refractivity contribution in [3.63, 3.8) is 0 Å². The van der Waals surface area contributed by atoms with E-state index in [1.54, 1.807) is 12.1 Å². The molecule has 1 atom stereocenters. The fraction of sp³-hybridized carbons (Fsp3) is 0.450. The Kier molecular flexibility index (Phi) is 5.82. The van der Waals surface area contributed by atoms with Crippen molar-refractivity contribution in [2.24, 2.45) is 5.92 Å². The van der Waals surface area contributed by atoms with Gasteiger partial charge in [0.15, 0.2) is 0 Å². The van der Waals surface area contributed by atoms with E-state index in [2.05, 4.69) is 4.72 Å². The van der Waals surface area contributed by atoms with Gasteiger partial charge in [-0.25, -0.2) is 13.1 Å². The molecule has 2 fully saturated rings. The molecule has 0 radical (unpaired) electrons. The molecule has 1 N–H and O–H groups in total. The van der Waals surface area contributed by atoms with Crippen LogP contribution in [0.2, 0.25) is 0 Å². The maximum absolute atomic E-state index is 13.1. The van der Waals surface area contributed by atoms with Crippen LogP contribution in [-0.2, 0) is 21.3 Å². The monoisotopic (exact) mass is 420 g/mol. The van der Waals surface area contributed by atoms with Crippen molar-refractivity contribution < 1.29 is 17.9 Å². The van der Waals surface area contributed by atoms with Gasteiger partial charge in [-0.1, -0.05) is 12.1 Å². The van der Waals surface area contributed by atoms with Gasteiger partial charge in [0.2, 0.25) is 10.0 Å². The Balaban J connectivity index is 1.49. The molecule has 1 aromatic carbocycles. The van der Waals surface area contributed by atoms with Crippen LogP contribution in [0.1, 0.15) is 34.5 Å². The molecule has 1 unspecified atom stereocenters. The highest BCUT2D eigenvalue weighted by molar-refractivity contribution is 7.89. The van der Waals surface area contributed by atoms with Gasteiger partial charge in [0.25, 0.3) is 5.91 Å². The predicted octanol–water partition coefficient (Wildman–Crippen LogP) is 2.87. The third kappa shape index (κ3) is 4.63. The molecule has 1 saturated heterocycles. The van der Waals surface area contributed by atoms with Gasteiger partial charge in [-0.3, -0.25) is 4.79 Å². The van der Waals surface area contributed by atoms with E-state index < -0.39 is 10.0 Å². The van der Waals surface area contributed by atoms with Crippen molar-refractivity contribution in [3.8, 4) is 0 Å². The Morgan fingerprint density at radius 3 is 2.75 bits per heavy atom. The number of sulfonamides is 1. The van der Waals surface area contributed by atoms with E-state index >= 15 is 0 Å². The molecule has 1 saturated carbocycles. The summed E-state index contributed by atoms with van der Waals surface area (Å²) >= 11 is 1.50. The standard InChI is InChI=1S/C20H24N2O4S2/c23-20(22(17-6-7-17)13-15-8-9-26-14-15)16-3-1-5-19(11-16)28(24,25)21-12-18-4-2-10-27-18/h1-5,10-11,15,17,21H,6-9,12-14H2. The van der Waals surface area contributed by atoms with Crippen LogP contribution in [0.25, 0.3) is 0 Å². The minimum absolute atomic E-state index is 0.0929. The number of thiophene rings is 1. The van der Waals surface area contributed by atoms with Gasteiger partial charge >= 0.3 is 0 Å². The minimum Gasteiger partial charge on any atom is -0.381 e. The lowest BCUT2D eigenvalue weighted by molar-refractivity contribution is 0.0706. The summed E-state index contributed by atoms with van der Waals surface area (Å²) in [6.45, 7) is 2.36. The number of ether oxygens (including phenoxy) is 1. The first kappa shape index (κ1) is 19.6. The number of nitrogens with zero attached hydrogens (tertiary/aromatic N) is 1. The Labute approximate surface area is 169 Å². The average molecular weight is 421 g/mol. The second-order valence-electron chi connectivity index (χ2n) is 7.35. The van der Waals surface area contributed by atoms with Gasteiger partial charge in [0, 0.05) is 42.1 Å². The molecule has 150 valence electrons. The van der Waals surface area contributed by atoms with Crippen LogP contribution in [0.15, 0.2) is 46.7 Å². The molecule has 2 heterocycles. The second kappa shape index (κ2) is 8.32. The predicted molar refractivity (Wildman–Crippen MR) is 108 cm³/mol. The lowest BCUT2D eigenvalue weighted by Gasteiger charge is -2.25. The number of carbonyl (C=O) groups excluding carboxylic acids is 1. The zero-order valence-electron chi connectivity index (χ0n) is 15.5. The lowest BCUT2D eigenvalue weighted by atomic mass is 10.1. The third-order valence-corrected chi connectivity index (χ3v) is 7.41. The van der Waals surface area contributed by atoms with Crippen molar-refractivity contribution in [3.05, 3.63) is 52.2 Å². The smallest absolute Gasteiger partial charge is 0.254 e. The van der Waals surface area contributed by atoms with Gasteiger partial charge in [0.05, 0.1) is 11.5 Å². The minimum atomic E-state index is -3.68. The lowest BCUT2D eigenvalue weighted by Crippen LogP contribution is -2.37. The van der Waals surface area contributed by atoms with Crippen molar-refractivity contribution in [1.29, 1.82) is 0 Å². The molecule has 0 spiro atoms. The molecule has 2 aliphatic rings.